The van der Waals surface area contributed by atoms with Crippen molar-refractivity contribution in [1.82, 2.24) is 9.78 Å². The molecule has 1 aromatic carbocycles. The summed E-state index contributed by atoms with van der Waals surface area (Å²) in [5.74, 6) is -0.358. The van der Waals surface area contributed by atoms with Crippen molar-refractivity contribution in [2.45, 2.75) is 19.6 Å². The van der Waals surface area contributed by atoms with Crippen molar-refractivity contribution in [3.05, 3.63) is 52.6 Å². The Kier molecular flexibility index (Phi) is 3.45. The minimum Gasteiger partial charge on any atom is -0.389 e. The largest absolute Gasteiger partial charge is 0.389 e. The zero-order valence-electron chi connectivity index (χ0n) is 9.27. The lowest BCUT2D eigenvalue weighted by Crippen LogP contribution is -2.01. The Morgan fingerprint density at radius 2 is 2.29 bits per heavy atom. The van der Waals surface area contributed by atoms with Crippen molar-refractivity contribution >= 4 is 11.6 Å². The fourth-order valence-electron chi connectivity index (χ4n) is 1.51. The molecular weight excluding hydrogens is 243 g/mol. The molecule has 1 N–H and O–H groups in total. The van der Waals surface area contributed by atoms with Crippen LogP contribution in [0.15, 0.2) is 30.6 Å². The Balaban J connectivity index is 2.19. The highest BCUT2D eigenvalue weighted by molar-refractivity contribution is 6.31. The predicted octanol–water partition coefficient (Wildman–Crippen LogP) is 2.78. The zero-order chi connectivity index (χ0) is 12.4. The summed E-state index contributed by atoms with van der Waals surface area (Å²) in [6.45, 7) is 2.12. The molecule has 1 unspecified atom stereocenters. The molecule has 0 aliphatic rings. The van der Waals surface area contributed by atoms with Crippen LogP contribution in [-0.4, -0.2) is 14.9 Å². The summed E-state index contributed by atoms with van der Waals surface area (Å²) >= 11 is 5.92. The molecule has 5 heteroatoms. The van der Waals surface area contributed by atoms with Crippen LogP contribution in [0.3, 0.4) is 0 Å². The quantitative estimate of drug-likeness (QED) is 0.915. The van der Waals surface area contributed by atoms with Crippen LogP contribution < -0.4 is 0 Å². The lowest BCUT2D eigenvalue weighted by Gasteiger charge is -2.04. The van der Waals surface area contributed by atoms with Gasteiger partial charge in [-0.1, -0.05) is 17.7 Å². The molecule has 0 fully saturated rings. The van der Waals surface area contributed by atoms with Gasteiger partial charge in [0, 0.05) is 16.8 Å². The van der Waals surface area contributed by atoms with Crippen LogP contribution in [0.2, 0.25) is 5.02 Å². The maximum absolute atomic E-state index is 12.9. The average molecular weight is 255 g/mol. The van der Waals surface area contributed by atoms with E-state index in [2.05, 4.69) is 5.10 Å². The third-order valence-corrected chi connectivity index (χ3v) is 2.83. The van der Waals surface area contributed by atoms with Gasteiger partial charge in [0.25, 0.3) is 0 Å². The maximum Gasteiger partial charge on any atom is 0.124 e. The second kappa shape index (κ2) is 4.85. The third kappa shape index (κ3) is 2.84. The van der Waals surface area contributed by atoms with E-state index in [0.717, 1.165) is 11.1 Å². The number of benzene rings is 1. The van der Waals surface area contributed by atoms with Crippen molar-refractivity contribution < 1.29 is 9.50 Å². The van der Waals surface area contributed by atoms with Crippen LogP contribution in [0.5, 0.6) is 0 Å². The van der Waals surface area contributed by atoms with Gasteiger partial charge >= 0.3 is 0 Å². The molecule has 90 valence electrons. The second-order valence-corrected chi connectivity index (χ2v) is 4.29. The predicted molar refractivity (Wildman–Crippen MR) is 63.4 cm³/mol. The highest BCUT2D eigenvalue weighted by Crippen LogP contribution is 2.19. The van der Waals surface area contributed by atoms with Crippen LogP contribution >= 0.6 is 11.6 Å². The number of nitrogens with zero attached hydrogens (tertiary/aromatic N) is 2. The highest BCUT2D eigenvalue weighted by Gasteiger charge is 2.07. The molecular formula is C12H12ClFN2O. The van der Waals surface area contributed by atoms with Gasteiger partial charge in [-0.25, -0.2) is 4.39 Å². The standard InChI is InChI=1S/C12H12ClFN2O/c1-8(17)10-5-15-16(7-10)6-9-2-3-11(14)4-12(9)13/h2-5,7-8,17H,6H2,1H3. The Labute approximate surface area is 103 Å². The van der Waals surface area contributed by atoms with Gasteiger partial charge < -0.3 is 5.11 Å². The molecule has 0 aliphatic heterocycles. The molecule has 3 nitrogen and oxygen atoms in total. The van der Waals surface area contributed by atoms with Crippen LogP contribution in [0.1, 0.15) is 24.2 Å². The third-order valence-electron chi connectivity index (χ3n) is 2.48. The van der Waals surface area contributed by atoms with E-state index in [0.29, 0.717) is 11.6 Å². The molecule has 0 saturated heterocycles. The number of hydrogen-bond donors (Lipinski definition) is 1. The lowest BCUT2D eigenvalue weighted by atomic mass is 10.2. The minimum atomic E-state index is -0.549. The van der Waals surface area contributed by atoms with E-state index >= 15 is 0 Å². The molecule has 0 spiro atoms. The maximum atomic E-state index is 12.9. The van der Waals surface area contributed by atoms with E-state index in [1.807, 2.05) is 0 Å². The highest BCUT2D eigenvalue weighted by atomic mass is 35.5. The number of aromatic nitrogens is 2. The first-order valence-electron chi connectivity index (χ1n) is 5.20. The molecule has 1 atom stereocenters. The molecule has 0 bridgehead atoms. The van der Waals surface area contributed by atoms with Gasteiger partial charge in [0.05, 0.1) is 18.8 Å². The smallest absolute Gasteiger partial charge is 0.124 e. The first kappa shape index (κ1) is 12.1. The lowest BCUT2D eigenvalue weighted by molar-refractivity contribution is 0.199. The molecule has 2 rings (SSSR count). The monoisotopic (exact) mass is 254 g/mol. The van der Waals surface area contributed by atoms with E-state index in [-0.39, 0.29) is 5.82 Å². The summed E-state index contributed by atoms with van der Waals surface area (Å²) in [5.41, 5.74) is 1.52. The van der Waals surface area contributed by atoms with Crippen molar-refractivity contribution in [2.75, 3.05) is 0 Å². The van der Waals surface area contributed by atoms with Crippen LogP contribution in [-0.2, 0) is 6.54 Å². The molecule has 0 amide bonds. The number of halogens is 2. The molecule has 0 aliphatic carbocycles. The van der Waals surface area contributed by atoms with E-state index in [4.69, 9.17) is 11.6 Å². The summed E-state index contributed by atoms with van der Waals surface area (Å²) < 4.78 is 14.5. The average Bonchev–Trinajstić information content (AvgIpc) is 2.71. The summed E-state index contributed by atoms with van der Waals surface area (Å²) in [7, 11) is 0. The second-order valence-electron chi connectivity index (χ2n) is 3.88. The summed E-state index contributed by atoms with van der Waals surface area (Å²) in [5, 5.41) is 13.8. The number of aliphatic hydroxyl groups is 1. The van der Waals surface area contributed by atoms with Crippen molar-refractivity contribution in [3.8, 4) is 0 Å². The molecule has 17 heavy (non-hydrogen) atoms. The van der Waals surface area contributed by atoms with Crippen molar-refractivity contribution in [1.29, 1.82) is 0 Å². The van der Waals surface area contributed by atoms with E-state index < -0.39 is 6.10 Å². The van der Waals surface area contributed by atoms with Crippen LogP contribution in [0.25, 0.3) is 0 Å². The van der Waals surface area contributed by atoms with Gasteiger partial charge in [0.1, 0.15) is 5.82 Å². The normalized spacial score (nSPS) is 12.7. The number of aliphatic hydroxyl groups excluding tert-OH is 1. The van der Waals surface area contributed by atoms with E-state index in [1.165, 1.54) is 12.1 Å². The Morgan fingerprint density at radius 3 is 2.88 bits per heavy atom. The molecule has 0 radical (unpaired) electrons. The fourth-order valence-corrected chi connectivity index (χ4v) is 1.73. The molecule has 2 aromatic rings. The Morgan fingerprint density at radius 1 is 1.53 bits per heavy atom. The number of hydrogen-bond acceptors (Lipinski definition) is 2. The summed E-state index contributed by atoms with van der Waals surface area (Å²) in [6, 6.07) is 4.26. The molecule has 1 aromatic heterocycles. The van der Waals surface area contributed by atoms with Gasteiger partial charge in [0.2, 0.25) is 0 Å². The van der Waals surface area contributed by atoms with Gasteiger partial charge in [-0.15, -0.1) is 0 Å². The van der Waals surface area contributed by atoms with Crippen LogP contribution in [0.4, 0.5) is 4.39 Å². The minimum absolute atomic E-state index is 0.358. The fraction of sp³-hybridized carbons (Fsp3) is 0.250. The Hall–Kier alpha value is -1.39. The molecule has 0 saturated carbocycles. The van der Waals surface area contributed by atoms with Gasteiger partial charge in [-0.3, -0.25) is 4.68 Å². The first-order chi connectivity index (χ1) is 8.06. The number of rotatable bonds is 3. The SMILES string of the molecule is CC(O)c1cnn(Cc2ccc(F)cc2Cl)c1. The van der Waals surface area contributed by atoms with Gasteiger partial charge in [-0.05, 0) is 24.6 Å². The Bertz CT molecular complexity index is 525. The van der Waals surface area contributed by atoms with E-state index in [9.17, 15) is 9.50 Å². The van der Waals surface area contributed by atoms with Crippen molar-refractivity contribution in [3.63, 3.8) is 0 Å². The van der Waals surface area contributed by atoms with Crippen molar-refractivity contribution in [2.24, 2.45) is 0 Å². The molecule has 1 heterocycles. The summed E-state index contributed by atoms with van der Waals surface area (Å²) in [6.07, 6.45) is 2.79. The first-order valence-corrected chi connectivity index (χ1v) is 5.58. The van der Waals surface area contributed by atoms with Gasteiger partial charge in [0.15, 0.2) is 0 Å². The summed E-state index contributed by atoms with van der Waals surface area (Å²) in [4.78, 5) is 0. The zero-order valence-corrected chi connectivity index (χ0v) is 10.0. The topological polar surface area (TPSA) is 38.1 Å². The van der Waals surface area contributed by atoms with Crippen LogP contribution in [0, 0.1) is 5.82 Å². The van der Waals surface area contributed by atoms with E-state index in [1.54, 1.807) is 30.1 Å². The van der Waals surface area contributed by atoms with Gasteiger partial charge in [-0.2, -0.15) is 5.10 Å².